The monoisotopic (exact) mass is 329 g/mol. The summed E-state index contributed by atoms with van der Waals surface area (Å²) in [4.78, 5) is 0. The van der Waals surface area contributed by atoms with E-state index in [1.807, 2.05) is 25.1 Å². The molecule has 0 amide bonds. The van der Waals surface area contributed by atoms with E-state index in [0.717, 1.165) is 27.8 Å². The second-order valence-corrected chi connectivity index (χ2v) is 5.59. The first kappa shape index (κ1) is 15.6. The molecular formula is C19H17ClFNO. The smallest absolute Gasteiger partial charge is 0.141 e. The third-order valence-corrected chi connectivity index (χ3v) is 3.98. The first-order valence-corrected chi connectivity index (χ1v) is 7.89. The zero-order valence-electron chi connectivity index (χ0n) is 12.8. The molecule has 0 aliphatic heterocycles. The summed E-state index contributed by atoms with van der Waals surface area (Å²) < 4.78 is 19.0. The van der Waals surface area contributed by atoms with Crippen molar-refractivity contribution >= 4 is 28.1 Å². The Balaban J connectivity index is 1.93. The number of benzene rings is 3. The van der Waals surface area contributed by atoms with E-state index in [2.05, 4.69) is 23.5 Å². The van der Waals surface area contributed by atoms with E-state index in [-0.39, 0.29) is 5.02 Å². The highest BCUT2D eigenvalue weighted by Crippen LogP contribution is 2.29. The molecule has 0 aromatic heterocycles. The molecule has 3 rings (SSSR count). The number of fused-ring (bicyclic) bond motifs is 1. The Morgan fingerprint density at radius 2 is 1.91 bits per heavy atom. The van der Waals surface area contributed by atoms with Crippen LogP contribution in [0.3, 0.4) is 0 Å². The average molecular weight is 330 g/mol. The Bertz CT molecular complexity index is 835. The molecule has 3 aromatic rings. The molecule has 1 N–H and O–H groups in total. The Hall–Kier alpha value is -2.26. The molecule has 3 aromatic carbocycles. The largest absolute Gasteiger partial charge is 0.494 e. The maximum atomic E-state index is 13.3. The van der Waals surface area contributed by atoms with Gasteiger partial charge in [-0.1, -0.05) is 41.9 Å². The summed E-state index contributed by atoms with van der Waals surface area (Å²) in [7, 11) is 0. The number of hydrogen-bond acceptors (Lipinski definition) is 2. The molecule has 2 nitrogen and oxygen atoms in total. The van der Waals surface area contributed by atoms with Gasteiger partial charge in [-0.05, 0) is 42.0 Å². The Morgan fingerprint density at radius 1 is 1.09 bits per heavy atom. The van der Waals surface area contributed by atoms with E-state index >= 15 is 0 Å². The predicted molar refractivity (Wildman–Crippen MR) is 93.9 cm³/mol. The number of rotatable bonds is 5. The Morgan fingerprint density at radius 3 is 2.70 bits per heavy atom. The number of hydrogen-bond donors (Lipinski definition) is 1. The van der Waals surface area contributed by atoms with Gasteiger partial charge in [-0.15, -0.1) is 0 Å². The lowest BCUT2D eigenvalue weighted by atomic mass is 10.0. The third-order valence-electron chi connectivity index (χ3n) is 3.69. The maximum Gasteiger partial charge on any atom is 0.141 e. The number of ether oxygens (including phenoxy) is 1. The molecule has 118 valence electrons. The van der Waals surface area contributed by atoms with Gasteiger partial charge in [0, 0.05) is 17.8 Å². The molecule has 0 saturated carbocycles. The van der Waals surface area contributed by atoms with Crippen LogP contribution >= 0.6 is 11.6 Å². The van der Waals surface area contributed by atoms with Crippen LogP contribution in [0.5, 0.6) is 5.75 Å². The van der Waals surface area contributed by atoms with Gasteiger partial charge in [0.15, 0.2) is 0 Å². The quantitative estimate of drug-likeness (QED) is 0.653. The van der Waals surface area contributed by atoms with Gasteiger partial charge < -0.3 is 10.1 Å². The lowest BCUT2D eigenvalue weighted by Crippen LogP contribution is -2.04. The highest BCUT2D eigenvalue weighted by molar-refractivity contribution is 6.31. The maximum absolute atomic E-state index is 13.3. The Labute approximate surface area is 139 Å². The molecule has 0 unspecified atom stereocenters. The van der Waals surface area contributed by atoms with Crippen LogP contribution in [0.4, 0.5) is 10.1 Å². The van der Waals surface area contributed by atoms with Crippen LogP contribution in [0.1, 0.15) is 12.5 Å². The van der Waals surface area contributed by atoms with Gasteiger partial charge in [-0.25, -0.2) is 4.39 Å². The molecule has 0 aliphatic carbocycles. The van der Waals surface area contributed by atoms with Crippen molar-refractivity contribution in [3.05, 3.63) is 71.0 Å². The van der Waals surface area contributed by atoms with Gasteiger partial charge in [-0.3, -0.25) is 0 Å². The van der Waals surface area contributed by atoms with Crippen molar-refractivity contribution in [3.8, 4) is 5.75 Å². The van der Waals surface area contributed by atoms with Gasteiger partial charge in [0.2, 0.25) is 0 Å². The van der Waals surface area contributed by atoms with Crippen molar-refractivity contribution < 1.29 is 9.13 Å². The molecule has 4 heteroatoms. The van der Waals surface area contributed by atoms with E-state index in [1.54, 1.807) is 12.1 Å². The summed E-state index contributed by atoms with van der Waals surface area (Å²) in [5, 5.41) is 5.69. The number of nitrogens with one attached hydrogen (secondary N) is 1. The first-order valence-electron chi connectivity index (χ1n) is 7.51. The fourth-order valence-electron chi connectivity index (χ4n) is 2.59. The SMILES string of the molecule is CCOc1ccc2ccccc2c1CNc1ccc(F)c(Cl)c1. The van der Waals surface area contributed by atoms with Crippen molar-refractivity contribution in [2.75, 3.05) is 11.9 Å². The fraction of sp³-hybridized carbons (Fsp3) is 0.158. The molecule has 0 bridgehead atoms. The summed E-state index contributed by atoms with van der Waals surface area (Å²) in [6.45, 7) is 3.14. The van der Waals surface area contributed by atoms with E-state index in [0.29, 0.717) is 13.2 Å². The van der Waals surface area contributed by atoms with Crippen LogP contribution in [-0.4, -0.2) is 6.61 Å². The van der Waals surface area contributed by atoms with Crippen LogP contribution in [0.25, 0.3) is 10.8 Å². The van der Waals surface area contributed by atoms with Crippen LogP contribution in [0.2, 0.25) is 5.02 Å². The van der Waals surface area contributed by atoms with Gasteiger partial charge in [0.05, 0.1) is 11.6 Å². The molecule has 23 heavy (non-hydrogen) atoms. The summed E-state index contributed by atoms with van der Waals surface area (Å²) in [6.07, 6.45) is 0. The van der Waals surface area contributed by atoms with E-state index in [9.17, 15) is 4.39 Å². The fourth-order valence-corrected chi connectivity index (χ4v) is 2.77. The van der Waals surface area contributed by atoms with Gasteiger partial charge >= 0.3 is 0 Å². The minimum Gasteiger partial charge on any atom is -0.494 e. The zero-order chi connectivity index (χ0) is 16.2. The normalized spacial score (nSPS) is 10.7. The van der Waals surface area contributed by atoms with Gasteiger partial charge in [0.25, 0.3) is 0 Å². The second-order valence-electron chi connectivity index (χ2n) is 5.18. The number of anilines is 1. The molecule has 0 aliphatic rings. The standard InChI is InChI=1S/C19H17ClFNO/c1-2-23-19-10-7-13-5-3-4-6-15(13)16(19)12-22-14-8-9-18(21)17(20)11-14/h3-11,22H,2,12H2,1H3. The van der Waals surface area contributed by atoms with Crippen LogP contribution in [0.15, 0.2) is 54.6 Å². The van der Waals surface area contributed by atoms with Crippen LogP contribution in [-0.2, 0) is 6.54 Å². The molecule has 0 atom stereocenters. The van der Waals surface area contributed by atoms with E-state index < -0.39 is 5.82 Å². The first-order chi connectivity index (χ1) is 11.2. The third kappa shape index (κ3) is 3.40. The Kier molecular flexibility index (Phi) is 4.68. The topological polar surface area (TPSA) is 21.3 Å². The summed E-state index contributed by atoms with van der Waals surface area (Å²) in [6, 6.07) is 16.8. The lowest BCUT2D eigenvalue weighted by Gasteiger charge is -2.15. The molecule has 0 saturated heterocycles. The van der Waals surface area contributed by atoms with E-state index in [1.165, 1.54) is 6.07 Å². The zero-order valence-corrected chi connectivity index (χ0v) is 13.5. The van der Waals surface area contributed by atoms with Crippen molar-refractivity contribution in [2.45, 2.75) is 13.5 Å². The molecular weight excluding hydrogens is 313 g/mol. The van der Waals surface area contributed by atoms with Crippen molar-refractivity contribution in [2.24, 2.45) is 0 Å². The minimum absolute atomic E-state index is 0.109. The minimum atomic E-state index is -0.419. The van der Waals surface area contributed by atoms with Crippen molar-refractivity contribution in [1.29, 1.82) is 0 Å². The summed E-state index contributed by atoms with van der Waals surface area (Å²) >= 11 is 5.83. The predicted octanol–water partition coefficient (Wildman–Crippen LogP) is 5.64. The van der Waals surface area contributed by atoms with Crippen LogP contribution in [0, 0.1) is 5.82 Å². The van der Waals surface area contributed by atoms with E-state index in [4.69, 9.17) is 16.3 Å². The average Bonchev–Trinajstić information content (AvgIpc) is 2.57. The van der Waals surface area contributed by atoms with Crippen LogP contribution < -0.4 is 10.1 Å². The summed E-state index contributed by atoms with van der Waals surface area (Å²) in [5.74, 6) is 0.435. The highest BCUT2D eigenvalue weighted by atomic mass is 35.5. The summed E-state index contributed by atoms with van der Waals surface area (Å²) in [5.41, 5.74) is 1.84. The van der Waals surface area contributed by atoms with Gasteiger partial charge in [-0.2, -0.15) is 0 Å². The van der Waals surface area contributed by atoms with Crippen molar-refractivity contribution in [1.82, 2.24) is 0 Å². The molecule has 0 fully saturated rings. The van der Waals surface area contributed by atoms with Gasteiger partial charge in [0.1, 0.15) is 11.6 Å². The number of halogens is 2. The molecule has 0 spiro atoms. The highest BCUT2D eigenvalue weighted by Gasteiger charge is 2.09. The van der Waals surface area contributed by atoms with Crippen molar-refractivity contribution in [3.63, 3.8) is 0 Å². The molecule has 0 heterocycles. The molecule has 0 radical (unpaired) electrons. The second kappa shape index (κ2) is 6.88. The lowest BCUT2D eigenvalue weighted by molar-refractivity contribution is 0.337.